The van der Waals surface area contributed by atoms with E-state index in [1.165, 1.54) is 5.56 Å². The van der Waals surface area contributed by atoms with Crippen molar-refractivity contribution in [3.05, 3.63) is 59.7 Å². The predicted molar refractivity (Wildman–Crippen MR) is 79.0 cm³/mol. The van der Waals surface area contributed by atoms with Crippen LogP contribution in [0.15, 0.2) is 48.0 Å². The molecule has 110 valence electrons. The van der Waals surface area contributed by atoms with E-state index in [9.17, 15) is 0 Å². The zero-order chi connectivity index (χ0) is 14.9. The van der Waals surface area contributed by atoms with Crippen molar-refractivity contribution in [1.82, 2.24) is 9.97 Å². The Morgan fingerprint density at radius 2 is 1.95 bits per heavy atom. The predicted octanol–water partition coefficient (Wildman–Crippen LogP) is 1.72. The lowest BCUT2D eigenvalue weighted by molar-refractivity contribution is 0.118. The van der Waals surface area contributed by atoms with Crippen molar-refractivity contribution in [3.63, 3.8) is 0 Å². The van der Waals surface area contributed by atoms with Crippen molar-refractivity contribution >= 4 is 5.84 Å². The highest BCUT2D eigenvalue weighted by atomic mass is 16.5. The minimum atomic E-state index is -0.00506. The molecule has 6 heteroatoms. The van der Waals surface area contributed by atoms with Crippen LogP contribution in [0.2, 0.25) is 0 Å². The van der Waals surface area contributed by atoms with Crippen LogP contribution in [0.25, 0.3) is 0 Å². The summed E-state index contributed by atoms with van der Waals surface area (Å²) in [6.45, 7) is 1.15. The van der Waals surface area contributed by atoms with Gasteiger partial charge in [0, 0.05) is 25.2 Å². The number of hydrogen-bond donors (Lipinski definition) is 2. The summed E-state index contributed by atoms with van der Waals surface area (Å²) in [4.78, 5) is 8.00. The van der Waals surface area contributed by atoms with Crippen molar-refractivity contribution < 1.29 is 9.94 Å². The van der Waals surface area contributed by atoms with E-state index in [-0.39, 0.29) is 5.84 Å². The Kier molecular flexibility index (Phi) is 5.66. The number of oxime groups is 1. The first-order valence-corrected chi connectivity index (χ1v) is 6.69. The molecule has 0 aliphatic heterocycles. The molecule has 2 heterocycles. The molecule has 0 amide bonds. The molecule has 0 bridgehead atoms. The Morgan fingerprint density at radius 1 is 1.19 bits per heavy atom. The lowest BCUT2D eigenvalue weighted by Crippen LogP contribution is -2.15. The third kappa shape index (κ3) is 4.85. The Labute approximate surface area is 123 Å². The average molecular weight is 286 g/mol. The molecule has 2 aromatic heterocycles. The third-order valence-electron chi connectivity index (χ3n) is 2.97. The molecule has 0 aromatic carbocycles. The van der Waals surface area contributed by atoms with Gasteiger partial charge < -0.3 is 15.7 Å². The summed E-state index contributed by atoms with van der Waals surface area (Å²) in [5.41, 5.74) is 8.13. The summed E-state index contributed by atoms with van der Waals surface area (Å²) in [5, 5.41) is 11.5. The largest absolute Gasteiger partial charge is 0.409 e. The van der Waals surface area contributed by atoms with E-state index in [1.807, 2.05) is 18.2 Å². The zero-order valence-corrected chi connectivity index (χ0v) is 11.6. The smallest absolute Gasteiger partial charge is 0.188 e. The van der Waals surface area contributed by atoms with Gasteiger partial charge in [-0.05, 0) is 48.2 Å². The van der Waals surface area contributed by atoms with Crippen LogP contribution in [-0.4, -0.2) is 27.6 Å². The summed E-state index contributed by atoms with van der Waals surface area (Å²) in [7, 11) is 0. The number of nitrogens with two attached hydrogens (primary N) is 1. The first-order valence-electron chi connectivity index (χ1n) is 6.69. The number of aromatic nitrogens is 2. The number of nitrogens with zero attached hydrogens (tertiary/aromatic N) is 3. The van der Waals surface area contributed by atoms with E-state index >= 15 is 0 Å². The number of pyridine rings is 2. The molecular formula is C15H18N4O2. The molecular weight excluding hydrogens is 268 g/mol. The van der Waals surface area contributed by atoms with Crippen LogP contribution in [-0.2, 0) is 17.8 Å². The van der Waals surface area contributed by atoms with Crippen molar-refractivity contribution in [2.24, 2.45) is 10.9 Å². The first-order chi connectivity index (χ1) is 10.3. The molecule has 0 radical (unpaired) electrons. The molecule has 3 N–H and O–H groups in total. The molecule has 0 unspecified atom stereocenters. The van der Waals surface area contributed by atoms with Gasteiger partial charge in [0.1, 0.15) is 5.69 Å². The maximum absolute atomic E-state index is 8.62. The fourth-order valence-electron chi connectivity index (χ4n) is 1.87. The van der Waals surface area contributed by atoms with E-state index in [4.69, 9.17) is 15.7 Å². The van der Waals surface area contributed by atoms with Crippen molar-refractivity contribution in [3.8, 4) is 0 Å². The van der Waals surface area contributed by atoms with Crippen LogP contribution in [0.4, 0.5) is 0 Å². The van der Waals surface area contributed by atoms with E-state index in [0.717, 1.165) is 18.4 Å². The van der Waals surface area contributed by atoms with E-state index < -0.39 is 0 Å². The Morgan fingerprint density at radius 3 is 2.71 bits per heavy atom. The lowest BCUT2D eigenvalue weighted by Gasteiger charge is -2.06. The van der Waals surface area contributed by atoms with Gasteiger partial charge >= 0.3 is 0 Å². The monoisotopic (exact) mass is 286 g/mol. The molecule has 0 fully saturated rings. The van der Waals surface area contributed by atoms with Crippen molar-refractivity contribution in [1.29, 1.82) is 0 Å². The summed E-state index contributed by atoms with van der Waals surface area (Å²) in [6.07, 6.45) is 7.11. The lowest BCUT2D eigenvalue weighted by atomic mass is 10.1. The maximum atomic E-state index is 8.62. The normalized spacial score (nSPS) is 11.5. The molecule has 6 nitrogen and oxygen atoms in total. The molecule has 21 heavy (non-hydrogen) atoms. The van der Waals surface area contributed by atoms with Gasteiger partial charge in [0.25, 0.3) is 0 Å². The highest BCUT2D eigenvalue weighted by molar-refractivity contribution is 5.95. The standard InChI is InChI=1S/C15H18N4O2/c16-15(19-20)14-10-13(5-8-18-14)11-21-9-1-2-12-3-6-17-7-4-12/h3-8,10,20H,1-2,9,11H2,(H2,16,19). The maximum Gasteiger partial charge on any atom is 0.188 e. The zero-order valence-electron chi connectivity index (χ0n) is 11.6. The van der Waals surface area contributed by atoms with Gasteiger partial charge in [-0.1, -0.05) is 5.16 Å². The summed E-state index contributed by atoms with van der Waals surface area (Å²) < 4.78 is 5.62. The molecule has 0 aliphatic carbocycles. The van der Waals surface area contributed by atoms with Gasteiger partial charge in [-0.15, -0.1) is 0 Å². The number of aryl methyl sites for hydroxylation is 1. The van der Waals surface area contributed by atoms with Crippen LogP contribution in [0.3, 0.4) is 0 Å². The molecule has 0 aliphatic rings. The van der Waals surface area contributed by atoms with Crippen LogP contribution in [0, 0.1) is 0 Å². The minimum Gasteiger partial charge on any atom is -0.409 e. The second-order valence-electron chi connectivity index (χ2n) is 4.55. The van der Waals surface area contributed by atoms with E-state index in [1.54, 1.807) is 24.7 Å². The summed E-state index contributed by atoms with van der Waals surface area (Å²) in [6, 6.07) is 7.60. The summed E-state index contributed by atoms with van der Waals surface area (Å²) >= 11 is 0. The second kappa shape index (κ2) is 7.96. The molecule has 0 saturated carbocycles. The van der Waals surface area contributed by atoms with Gasteiger partial charge in [-0.3, -0.25) is 9.97 Å². The van der Waals surface area contributed by atoms with Gasteiger partial charge in [0.2, 0.25) is 0 Å². The Hall–Kier alpha value is -2.47. The molecule has 0 saturated heterocycles. The highest BCUT2D eigenvalue weighted by Gasteiger charge is 2.02. The van der Waals surface area contributed by atoms with Crippen molar-refractivity contribution in [2.45, 2.75) is 19.4 Å². The van der Waals surface area contributed by atoms with Gasteiger partial charge in [-0.2, -0.15) is 0 Å². The SMILES string of the molecule is NC(=NO)c1cc(COCCCc2ccncc2)ccn1. The van der Waals surface area contributed by atoms with E-state index in [0.29, 0.717) is 18.9 Å². The minimum absolute atomic E-state index is 0.00506. The van der Waals surface area contributed by atoms with Gasteiger partial charge in [-0.25, -0.2) is 0 Å². The van der Waals surface area contributed by atoms with Crippen LogP contribution < -0.4 is 5.73 Å². The van der Waals surface area contributed by atoms with Crippen molar-refractivity contribution in [2.75, 3.05) is 6.61 Å². The van der Waals surface area contributed by atoms with E-state index in [2.05, 4.69) is 15.1 Å². The van der Waals surface area contributed by atoms with Crippen LogP contribution in [0.1, 0.15) is 23.2 Å². The number of amidine groups is 1. The molecule has 2 aromatic rings. The number of rotatable bonds is 7. The topological polar surface area (TPSA) is 93.6 Å². The molecule has 0 spiro atoms. The number of hydrogen-bond acceptors (Lipinski definition) is 5. The Bertz CT molecular complexity index is 587. The quantitative estimate of drug-likeness (QED) is 0.266. The van der Waals surface area contributed by atoms with Gasteiger partial charge in [0.15, 0.2) is 5.84 Å². The second-order valence-corrected chi connectivity index (χ2v) is 4.55. The summed E-state index contributed by atoms with van der Waals surface area (Å²) in [5.74, 6) is -0.00506. The third-order valence-corrected chi connectivity index (χ3v) is 2.97. The Balaban J connectivity index is 1.74. The first kappa shape index (κ1) is 14.9. The molecule has 2 rings (SSSR count). The molecule has 0 atom stereocenters. The fourth-order valence-corrected chi connectivity index (χ4v) is 1.87. The number of ether oxygens (including phenoxy) is 1. The van der Waals surface area contributed by atoms with Crippen LogP contribution >= 0.6 is 0 Å². The van der Waals surface area contributed by atoms with Gasteiger partial charge in [0.05, 0.1) is 6.61 Å². The average Bonchev–Trinajstić information content (AvgIpc) is 2.55. The fraction of sp³-hybridized carbons (Fsp3) is 0.267. The highest BCUT2D eigenvalue weighted by Crippen LogP contribution is 2.05. The van der Waals surface area contributed by atoms with Crippen LogP contribution in [0.5, 0.6) is 0 Å².